The number of ether oxygens (including phenoxy) is 1. The molecule has 0 aliphatic heterocycles. The first-order valence-corrected chi connectivity index (χ1v) is 7.14. The molecule has 0 spiro atoms. The quantitative estimate of drug-likeness (QED) is 0.857. The number of carbonyl (C=O) groups excluding carboxylic acids is 1. The minimum atomic E-state index is 0.0913. The Morgan fingerprint density at radius 3 is 2.95 bits per heavy atom. The number of nitrogens with zero attached hydrogens (tertiary/aromatic N) is 2. The summed E-state index contributed by atoms with van der Waals surface area (Å²) in [5.74, 6) is 0.0913. The van der Waals surface area contributed by atoms with Crippen LogP contribution in [0.3, 0.4) is 0 Å². The Hall–Kier alpha value is -1.81. The van der Waals surface area contributed by atoms with E-state index in [1.807, 2.05) is 59.9 Å². The highest BCUT2D eigenvalue weighted by Gasteiger charge is 2.35. The second-order valence-corrected chi connectivity index (χ2v) is 5.38. The smallest absolute Gasteiger partial charge is 0.255 e. The summed E-state index contributed by atoms with van der Waals surface area (Å²) in [5.41, 5.74) is 1.80. The van der Waals surface area contributed by atoms with Crippen molar-refractivity contribution in [3.63, 3.8) is 0 Å². The Morgan fingerprint density at radius 2 is 2.25 bits per heavy atom. The molecule has 1 fully saturated rings. The minimum absolute atomic E-state index is 0.0913. The number of aromatic nitrogens is 1. The fourth-order valence-corrected chi connectivity index (χ4v) is 2.77. The van der Waals surface area contributed by atoms with Gasteiger partial charge in [0.15, 0.2) is 0 Å². The first-order valence-electron chi connectivity index (χ1n) is 7.14. The molecule has 0 atom stereocenters. The Balaban J connectivity index is 1.69. The molecule has 1 amide bonds. The number of pyridine rings is 1. The zero-order valence-electron chi connectivity index (χ0n) is 12.0. The van der Waals surface area contributed by atoms with Crippen molar-refractivity contribution in [2.24, 2.45) is 0 Å². The van der Waals surface area contributed by atoms with Crippen molar-refractivity contribution < 1.29 is 9.53 Å². The topological polar surface area (TPSA) is 34.0 Å². The molecule has 0 bridgehead atoms. The van der Waals surface area contributed by atoms with Crippen LogP contribution in [-0.4, -0.2) is 41.0 Å². The Labute approximate surface area is 118 Å². The zero-order valence-corrected chi connectivity index (χ0v) is 12.0. The van der Waals surface area contributed by atoms with E-state index in [2.05, 4.69) is 0 Å². The second kappa shape index (κ2) is 5.29. The van der Waals surface area contributed by atoms with E-state index < -0.39 is 0 Å². The van der Waals surface area contributed by atoms with Gasteiger partial charge < -0.3 is 14.0 Å². The van der Waals surface area contributed by atoms with Crippen molar-refractivity contribution in [2.45, 2.75) is 31.9 Å². The fraction of sp³-hybridized carbons (Fsp3) is 0.438. The normalized spacial score (nSPS) is 21.7. The molecule has 1 saturated carbocycles. The lowest BCUT2D eigenvalue weighted by molar-refractivity contribution is -0.0344. The molecule has 106 valence electrons. The van der Waals surface area contributed by atoms with Crippen LogP contribution in [0.2, 0.25) is 0 Å². The van der Waals surface area contributed by atoms with E-state index in [4.69, 9.17) is 4.74 Å². The number of fused-ring (bicyclic) bond motifs is 1. The van der Waals surface area contributed by atoms with Gasteiger partial charge in [-0.05, 0) is 38.0 Å². The van der Waals surface area contributed by atoms with Gasteiger partial charge >= 0.3 is 0 Å². The van der Waals surface area contributed by atoms with E-state index >= 15 is 0 Å². The average molecular weight is 272 g/mol. The van der Waals surface area contributed by atoms with E-state index in [1.54, 1.807) is 0 Å². The van der Waals surface area contributed by atoms with Crippen molar-refractivity contribution in [3.05, 3.63) is 42.2 Å². The van der Waals surface area contributed by atoms with Crippen LogP contribution in [0, 0.1) is 0 Å². The molecule has 4 nitrogen and oxygen atoms in total. The summed E-state index contributed by atoms with van der Waals surface area (Å²) in [6, 6.07) is 8.19. The summed E-state index contributed by atoms with van der Waals surface area (Å²) in [6.45, 7) is 2.76. The number of hydrogen-bond donors (Lipinski definition) is 0. The number of carbonyl (C=O) groups is 1. The molecule has 0 aromatic carbocycles. The van der Waals surface area contributed by atoms with Gasteiger partial charge in [0.2, 0.25) is 0 Å². The molecule has 4 heteroatoms. The summed E-state index contributed by atoms with van der Waals surface area (Å²) >= 11 is 0. The molecule has 0 unspecified atom stereocenters. The summed E-state index contributed by atoms with van der Waals surface area (Å²) in [7, 11) is 1.89. The molecular weight excluding hydrogens is 252 g/mol. The van der Waals surface area contributed by atoms with E-state index in [0.717, 1.165) is 30.5 Å². The molecule has 1 aliphatic rings. The summed E-state index contributed by atoms with van der Waals surface area (Å²) in [4.78, 5) is 14.3. The van der Waals surface area contributed by atoms with E-state index in [9.17, 15) is 4.79 Å². The highest BCUT2D eigenvalue weighted by Crippen LogP contribution is 2.28. The van der Waals surface area contributed by atoms with E-state index in [0.29, 0.717) is 12.1 Å². The fourth-order valence-electron chi connectivity index (χ4n) is 2.77. The maximum atomic E-state index is 12.5. The molecule has 2 aromatic heterocycles. The Kier molecular flexibility index (Phi) is 3.49. The number of hydrogen-bond acceptors (Lipinski definition) is 2. The van der Waals surface area contributed by atoms with Crippen molar-refractivity contribution in [3.8, 4) is 0 Å². The van der Waals surface area contributed by atoms with Gasteiger partial charge in [0.25, 0.3) is 5.91 Å². The highest BCUT2D eigenvalue weighted by molar-refractivity contribution is 5.95. The standard InChI is InChI=1S/C16H20N2O2/c1-3-20-15-9-14(10-15)17(2)16(19)12-8-13-6-4-5-7-18(13)11-12/h4-8,11,14-15H,3,9-10H2,1-2H3. The first kappa shape index (κ1) is 13.2. The monoisotopic (exact) mass is 272 g/mol. The lowest BCUT2D eigenvalue weighted by atomic mass is 9.88. The third kappa shape index (κ3) is 2.31. The molecule has 0 saturated heterocycles. The van der Waals surface area contributed by atoms with Gasteiger partial charge in [0.1, 0.15) is 0 Å². The van der Waals surface area contributed by atoms with Gasteiger partial charge in [-0.1, -0.05) is 6.07 Å². The second-order valence-electron chi connectivity index (χ2n) is 5.38. The van der Waals surface area contributed by atoms with Crippen LogP contribution in [0.5, 0.6) is 0 Å². The molecule has 2 aromatic rings. The van der Waals surface area contributed by atoms with Gasteiger partial charge in [-0.3, -0.25) is 4.79 Å². The zero-order chi connectivity index (χ0) is 14.1. The lowest BCUT2D eigenvalue weighted by Gasteiger charge is -2.40. The predicted octanol–water partition coefficient (Wildman–Crippen LogP) is 2.58. The van der Waals surface area contributed by atoms with Gasteiger partial charge in [0.05, 0.1) is 11.7 Å². The highest BCUT2D eigenvalue weighted by atomic mass is 16.5. The molecule has 0 radical (unpaired) electrons. The van der Waals surface area contributed by atoms with Gasteiger partial charge in [0, 0.05) is 37.6 Å². The van der Waals surface area contributed by atoms with Crippen LogP contribution in [0.15, 0.2) is 36.7 Å². The Bertz CT molecular complexity index is 581. The molecular formula is C16H20N2O2. The summed E-state index contributed by atoms with van der Waals surface area (Å²) < 4.78 is 7.53. The van der Waals surface area contributed by atoms with E-state index in [1.165, 1.54) is 0 Å². The van der Waals surface area contributed by atoms with Crippen LogP contribution in [0.1, 0.15) is 30.1 Å². The van der Waals surface area contributed by atoms with Crippen LogP contribution in [0.4, 0.5) is 0 Å². The third-order valence-corrected chi connectivity index (χ3v) is 4.09. The van der Waals surface area contributed by atoms with Gasteiger partial charge in [-0.25, -0.2) is 0 Å². The summed E-state index contributed by atoms with van der Waals surface area (Å²) in [5, 5.41) is 0. The Morgan fingerprint density at radius 1 is 1.45 bits per heavy atom. The molecule has 3 rings (SSSR count). The van der Waals surface area contributed by atoms with Gasteiger partial charge in [-0.15, -0.1) is 0 Å². The largest absolute Gasteiger partial charge is 0.378 e. The molecule has 2 heterocycles. The van der Waals surface area contributed by atoms with Crippen LogP contribution in [0.25, 0.3) is 5.52 Å². The summed E-state index contributed by atoms with van der Waals surface area (Å²) in [6.07, 6.45) is 6.08. The number of amides is 1. The van der Waals surface area contributed by atoms with Crippen LogP contribution in [-0.2, 0) is 4.74 Å². The maximum Gasteiger partial charge on any atom is 0.255 e. The van der Waals surface area contributed by atoms with Crippen molar-refractivity contribution in [1.29, 1.82) is 0 Å². The van der Waals surface area contributed by atoms with E-state index in [-0.39, 0.29) is 5.91 Å². The minimum Gasteiger partial charge on any atom is -0.378 e. The molecule has 20 heavy (non-hydrogen) atoms. The molecule has 1 aliphatic carbocycles. The predicted molar refractivity (Wildman–Crippen MR) is 77.9 cm³/mol. The van der Waals surface area contributed by atoms with Crippen molar-refractivity contribution in [2.75, 3.05) is 13.7 Å². The maximum absolute atomic E-state index is 12.5. The average Bonchev–Trinajstić information content (AvgIpc) is 2.84. The third-order valence-electron chi connectivity index (χ3n) is 4.09. The van der Waals surface area contributed by atoms with Gasteiger partial charge in [-0.2, -0.15) is 0 Å². The van der Waals surface area contributed by atoms with Crippen molar-refractivity contribution >= 4 is 11.4 Å². The molecule has 0 N–H and O–H groups in total. The lowest BCUT2D eigenvalue weighted by Crippen LogP contribution is -2.48. The van der Waals surface area contributed by atoms with Crippen LogP contribution < -0.4 is 0 Å². The first-order chi connectivity index (χ1) is 9.69. The van der Waals surface area contributed by atoms with Crippen molar-refractivity contribution in [1.82, 2.24) is 9.30 Å². The van der Waals surface area contributed by atoms with Crippen LogP contribution >= 0.6 is 0 Å². The number of rotatable bonds is 4. The SMILES string of the molecule is CCOC1CC(N(C)C(=O)c2cc3ccccn3c2)C1.